The molecule has 0 aliphatic heterocycles. The predicted molar refractivity (Wildman–Crippen MR) is 65.9 cm³/mol. The number of aromatic nitrogens is 2. The highest BCUT2D eigenvalue weighted by atomic mass is 19.1. The normalized spacial score (nSPS) is 10.8. The third kappa shape index (κ3) is 2.25. The molecule has 0 fully saturated rings. The van der Waals surface area contributed by atoms with E-state index in [-0.39, 0.29) is 11.6 Å². The molecule has 1 heterocycles. The van der Waals surface area contributed by atoms with E-state index in [2.05, 4.69) is 9.97 Å². The van der Waals surface area contributed by atoms with Crippen molar-refractivity contribution in [2.75, 3.05) is 5.73 Å². The molecule has 0 saturated heterocycles. The van der Waals surface area contributed by atoms with Gasteiger partial charge in [-0.15, -0.1) is 0 Å². The number of halogens is 1. The fourth-order valence-electron chi connectivity index (χ4n) is 1.56. The first kappa shape index (κ1) is 11.5. The lowest BCUT2D eigenvalue weighted by Crippen LogP contribution is -1.99. The second-order valence-corrected chi connectivity index (χ2v) is 4.19. The first-order chi connectivity index (χ1) is 8.09. The summed E-state index contributed by atoms with van der Waals surface area (Å²) in [5.74, 6) is 0.619. The smallest absolute Gasteiger partial charge is 0.146 e. The van der Waals surface area contributed by atoms with Gasteiger partial charge in [0.05, 0.1) is 5.69 Å². The van der Waals surface area contributed by atoms with E-state index in [9.17, 15) is 4.39 Å². The summed E-state index contributed by atoms with van der Waals surface area (Å²) in [6.07, 6.45) is 3.35. The molecule has 0 saturated carbocycles. The fraction of sp³-hybridized carbons (Fsp3) is 0.231. The molecule has 0 atom stereocenters. The van der Waals surface area contributed by atoms with Crippen LogP contribution in [0.5, 0.6) is 0 Å². The van der Waals surface area contributed by atoms with Crippen molar-refractivity contribution in [2.45, 2.75) is 19.8 Å². The third-order valence-electron chi connectivity index (χ3n) is 2.55. The highest BCUT2D eigenvalue weighted by molar-refractivity contribution is 5.75. The average Bonchev–Trinajstić information content (AvgIpc) is 2.33. The van der Waals surface area contributed by atoms with Crippen LogP contribution in [0.4, 0.5) is 10.1 Å². The van der Waals surface area contributed by atoms with Gasteiger partial charge in [0.1, 0.15) is 11.6 Å². The summed E-state index contributed by atoms with van der Waals surface area (Å²) in [4.78, 5) is 8.47. The predicted octanol–water partition coefficient (Wildman–Crippen LogP) is 2.99. The summed E-state index contributed by atoms with van der Waals surface area (Å²) in [7, 11) is 0. The van der Waals surface area contributed by atoms with Crippen molar-refractivity contribution >= 4 is 5.69 Å². The summed E-state index contributed by atoms with van der Waals surface area (Å²) in [5, 5.41) is 0. The molecule has 4 heteroatoms. The standard InChI is InChI=1S/C13H14FN3/c1-8(2)13-16-6-9(7-17-13)10-4-3-5-11(14)12(10)15/h3-8H,15H2,1-2H3. The van der Waals surface area contributed by atoms with E-state index in [1.54, 1.807) is 24.5 Å². The average molecular weight is 231 g/mol. The Balaban J connectivity index is 2.43. The van der Waals surface area contributed by atoms with E-state index in [4.69, 9.17) is 5.73 Å². The SMILES string of the molecule is CC(C)c1ncc(-c2cccc(F)c2N)cn1. The molecular weight excluding hydrogens is 217 g/mol. The van der Waals surface area contributed by atoms with Gasteiger partial charge in [0, 0.05) is 29.4 Å². The molecule has 0 amide bonds. The zero-order valence-electron chi connectivity index (χ0n) is 9.81. The summed E-state index contributed by atoms with van der Waals surface area (Å²) in [6, 6.07) is 4.71. The van der Waals surface area contributed by atoms with E-state index < -0.39 is 5.82 Å². The lowest BCUT2D eigenvalue weighted by Gasteiger charge is -2.07. The van der Waals surface area contributed by atoms with Crippen molar-refractivity contribution in [2.24, 2.45) is 0 Å². The third-order valence-corrected chi connectivity index (χ3v) is 2.55. The summed E-state index contributed by atoms with van der Waals surface area (Å²) < 4.78 is 13.3. The fourth-order valence-corrected chi connectivity index (χ4v) is 1.56. The number of nitrogens with zero attached hydrogens (tertiary/aromatic N) is 2. The minimum atomic E-state index is -0.421. The molecule has 0 aliphatic rings. The van der Waals surface area contributed by atoms with Crippen molar-refractivity contribution in [3.63, 3.8) is 0 Å². The Morgan fingerprint density at radius 1 is 1.18 bits per heavy atom. The van der Waals surface area contributed by atoms with Crippen molar-refractivity contribution in [1.29, 1.82) is 0 Å². The molecule has 0 spiro atoms. The first-order valence-corrected chi connectivity index (χ1v) is 5.46. The van der Waals surface area contributed by atoms with Gasteiger partial charge in [-0.2, -0.15) is 0 Å². The second-order valence-electron chi connectivity index (χ2n) is 4.19. The van der Waals surface area contributed by atoms with Crippen LogP contribution in [-0.2, 0) is 0 Å². The largest absolute Gasteiger partial charge is 0.396 e. The van der Waals surface area contributed by atoms with Gasteiger partial charge in [-0.05, 0) is 6.07 Å². The molecule has 2 N–H and O–H groups in total. The van der Waals surface area contributed by atoms with Gasteiger partial charge in [0.2, 0.25) is 0 Å². The molecule has 3 nitrogen and oxygen atoms in total. The number of nitrogens with two attached hydrogens (primary N) is 1. The summed E-state index contributed by atoms with van der Waals surface area (Å²) in [6.45, 7) is 4.04. The summed E-state index contributed by atoms with van der Waals surface area (Å²) in [5.41, 5.74) is 7.17. The molecule has 1 aromatic carbocycles. The van der Waals surface area contributed by atoms with Crippen LogP contribution >= 0.6 is 0 Å². The van der Waals surface area contributed by atoms with E-state index in [1.807, 2.05) is 13.8 Å². The maximum absolute atomic E-state index is 13.3. The quantitative estimate of drug-likeness (QED) is 0.808. The Morgan fingerprint density at radius 2 is 1.82 bits per heavy atom. The lowest BCUT2D eigenvalue weighted by molar-refractivity contribution is 0.633. The van der Waals surface area contributed by atoms with Crippen LogP contribution in [0.3, 0.4) is 0 Å². The number of benzene rings is 1. The van der Waals surface area contributed by atoms with E-state index in [0.717, 1.165) is 11.4 Å². The molecular formula is C13H14FN3. The molecule has 17 heavy (non-hydrogen) atoms. The van der Waals surface area contributed by atoms with Crippen LogP contribution in [0, 0.1) is 5.82 Å². The Bertz CT molecular complexity index is 521. The van der Waals surface area contributed by atoms with E-state index >= 15 is 0 Å². The number of hydrogen-bond donors (Lipinski definition) is 1. The monoisotopic (exact) mass is 231 g/mol. The van der Waals surface area contributed by atoms with Crippen molar-refractivity contribution in [1.82, 2.24) is 9.97 Å². The molecule has 2 rings (SSSR count). The van der Waals surface area contributed by atoms with Gasteiger partial charge >= 0.3 is 0 Å². The maximum Gasteiger partial charge on any atom is 0.146 e. The Labute approximate surface area is 99.5 Å². The molecule has 0 bridgehead atoms. The number of rotatable bonds is 2. The van der Waals surface area contributed by atoms with Crippen LogP contribution in [0.25, 0.3) is 11.1 Å². The minimum Gasteiger partial charge on any atom is -0.396 e. The number of para-hydroxylation sites is 1. The molecule has 0 radical (unpaired) electrons. The van der Waals surface area contributed by atoms with Crippen molar-refractivity contribution in [3.05, 3.63) is 42.2 Å². The molecule has 88 valence electrons. The number of anilines is 1. The van der Waals surface area contributed by atoms with Crippen LogP contribution in [0.2, 0.25) is 0 Å². The number of hydrogen-bond acceptors (Lipinski definition) is 3. The van der Waals surface area contributed by atoms with Crippen molar-refractivity contribution < 1.29 is 4.39 Å². The highest BCUT2D eigenvalue weighted by Gasteiger charge is 2.08. The van der Waals surface area contributed by atoms with E-state index in [0.29, 0.717) is 5.56 Å². The Hall–Kier alpha value is -1.97. The van der Waals surface area contributed by atoms with Crippen LogP contribution in [-0.4, -0.2) is 9.97 Å². The van der Waals surface area contributed by atoms with Crippen LogP contribution in [0.1, 0.15) is 25.6 Å². The number of nitrogen functional groups attached to an aromatic ring is 1. The Morgan fingerprint density at radius 3 is 2.41 bits per heavy atom. The molecule has 0 aliphatic carbocycles. The zero-order chi connectivity index (χ0) is 12.4. The van der Waals surface area contributed by atoms with Gasteiger partial charge in [-0.25, -0.2) is 14.4 Å². The van der Waals surface area contributed by atoms with Crippen LogP contribution in [0.15, 0.2) is 30.6 Å². The van der Waals surface area contributed by atoms with Gasteiger partial charge in [0.25, 0.3) is 0 Å². The van der Waals surface area contributed by atoms with Gasteiger partial charge in [0.15, 0.2) is 0 Å². The maximum atomic E-state index is 13.3. The van der Waals surface area contributed by atoms with Gasteiger partial charge < -0.3 is 5.73 Å². The van der Waals surface area contributed by atoms with Gasteiger partial charge in [-0.1, -0.05) is 26.0 Å². The van der Waals surface area contributed by atoms with Gasteiger partial charge in [-0.3, -0.25) is 0 Å². The van der Waals surface area contributed by atoms with Crippen molar-refractivity contribution in [3.8, 4) is 11.1 Å². The summed E-state index contributed by atoms with van der Waals surface area (Å²) >= 11 is 0. The zero-order valence-corrected chi connectivity index (χ0v) is 9.81. The minimum absolute atomic E-state index is 0.133. The molecule has 1 aromatic heterocycles. The second kappa shape index (κ2) is 4.49. The first-order valence-electron chi connectivity index (χ1n) is 5.46. The van der Waals surface area contributed by atoms with Crippen LogP contribution < -0.4 is 5.73 Å². The van der Waals surface area contributed by atoms with E-state index in [1.165, 1.54) is 6.07 Å². The Kier molecular flexibility index (Phi) is 3.04. The highest BCUT2D eigenvalue weighted by Crippen LogP contribution is 2.26. The lowest BCUT2D eigenvalue weighted by atomic mass is 10.1. The molecule has 2 aromatic rings. The molecule has 0 unspecified atom stereocenters. The topological polar surface area (TPSA) is 51.8 Å².